The Morgan fingerprint density at radius 3 is 2.53 bits per heavy atom. The lowest BCUT2D eigenvalue weighted by atomic mass is 10.1. The van der Waals surface area contributed by atoms with Crippen LogP contribution in [0.15, 0.2) is 22.7 Å². The molecular formula is C10H7Br2ClO2. The van der Waals surface area contributed by atoms with Crippen molar-refractivity contribution in [1.82, 2.24) is 0 Å². The van der Waals surface area contributed by atoms with Crippen LogP contribution in [0.4, 0.5) is 0 Å². The maximum absolute atomic E-state index is 11.2. The lowest BCUT2D eigenvalue weighted by molar-refractivity contribution is -0.115. The topological polar surface area (TPSA) is 34.1 Å². The third-order valence-corrected chi connectivity index (χ3v) is 3.31. The second-order valence-corrected chi connectivity index (χ2v) is 4.70. The van der Waals surface area contributed by atoms with Crippen molar-refractivity contribution in [3.63, 3.8) is 0 Å². The monoisotopic (exact) mass is 352 g/mol. The van der Waals surface area contributed by atoms with E-state index < -0.39 is 5.24 Å². The zero-order valence-corrected chi connectivity index (χ0v) is 11.5. The van der Waals surface area contributed by atoms with E-state index in [1.807, 2.05) is 0 Å². The fourth-order valence-electron chi connectivity index (χ4n) is 1.11. The molecule has 0 heterocycles. The Hall–Kier alpha value is -0.190. The number of carbonyl (C=O) groups excluding carboxylic acids is 2. The number of ketones is 1. The van der Waals surface area contributed by atoms with E-state index in [9.17, 15) is 9.59 Å². The second kappa shape index (κ2) is 5.77. The van der Waals surface area contributed by atoms with Crippen molar-refractivity contribution in [3.8, 4) is 0 Å². The first-order valence-corrected chi connectivity index (χ1v) is 6.39. The highest BCUT2D eigenvalue weighted by atomic mass is 79.9. The van der Waals surface area contributed by atoms with E-state index in [4.69, 9.17) is 11.6 Å². The Labute approximate surface area is 109 Å². The van der Waals surface area contributed by atoms with Crippen molar-refractivity contribution in [3.05, 3.63) is 33.8 Å². The summed E-state index contributed by atoms with van der Waals surface area (Å²) >= 11 is 11.7. The van der Waals surface area contributed by atoms with Crippen LogP contribution in [0.5, 0.6) is 0 Å². The van der Waals surface area contributed by atoms with Crippen molar-refractivity contribution in [2.75, 3.05) is 5.33 Å². The fourth-order valence-corrected chi connectivity index (χ4v) is 2.00. The van der Waals surface area contributed by atoms with Gasteiger partial charge in [-0.1, -0.05) is 22.0 Å². The molecule has 0 bridgehead atoms. The van der Waals surface area contributed by atoms with Crippen molar-refractivity contribution in [2.45, 2.75) is 6.42 Å². The van der Waals surface area contributed by atoms with Gasteiger partial charge in [-0.15, -0.1) is 0 Å². The van der Waals surface area contributed by atoms with Crippen LogP contribution in [-0.4, -0.2) is 16.4 Å². The van der Waals surface area contributed by atoms with Crippen LogP contribution in [0, 0.1) is 0 Å². The van der Waals surface area contributed by atoms with E-state index in [1.54, 1.807) is 18.2 Å². The first kappa shape index (κ1) is 12.9. The molecule has 0 radical (unpaired) electrons. The van der Waals surface area contributed by atoms with E-state index in [0.29, 0.717) is 21.8 Å². The summed E-state index contributed by atoms with van der Waals surface area (Å²) in [5, 5.41) is -0.220. The molecular weight excluding hydrogens is 347 g/mol. The SMILES string of the molecule is O=C(CBr)Cc1ccc(Br)c(C(=O)Cl)c1. The summed E-state index contributed by atoms with van der Waals surface area (Å²) in [6, 6.07) is 5.13. The highest BCUT2D eigenvalue weighted by Crippen LogP contribution is 2.20. The molecule has 1 aromatic rings. The predicted octanol–water partition coefficient (Wildman–Crippen LogP) is 3.33. The fraction of sp³-hybridized carbons (Fsp3) is 0.200. The summed E-state index contributed by atoms with van der Waals surface area (Å²) in [4.78, 5) is 22.2. The Bertz CT molecular complexity index is 404. The quantitative estimate of drug-likeness (QED) is 0.614. The van der Waals surface area contributed by atoms with Crippen LogP contribution < -0.4 is 0 Å². The number of benzene rings is 1. The Balaban J connectivity index is 2.97. The summed E-state index contributed by atoms with van der Waals surface area (Å²) in [6.07, 6.45) is 0.301. The highest BCUT2D eigenvalue weighted by Gasteiger charge is 2.09. The van der Waals surface area contributed by atoms with Gasteiger partial charge >= 0.3 is 0 Å². The molecule has 1 rings (SSSR count). The first-order chi connectivity index (χ1) is 7.04. The largest absolute Gasteiger partial charge is 0.298 e. The van der Waals surface area contributed by atoms with Crippen molar-refractivity contribution in [2.24, 2.45) is 0 Å². The number of hydrogen-bond donors (Lipinski definition) is 0. The van der Waals surface area contributed by atoms with Gasteiger partial charge in [0.25, 0.3) is 5.24 Å². The van der Waals surface area contributed by atoms with Crippen LogP contribution in [-0.2, 0) is 11.2 Å². The molecule has 0 spiro atoms. The van der Waals surface area contributed by atoms with Gasteiger partial charge in [0.15, 0.2) is 0 Å². The molecule has 0 fully saturated rings. The van der Waals surface area contributed by atoms with E-state index in [-0.39, 0.29) is 5.78 Å². The average Bonchev–Trinajstić information content (AvgIpc) is 2.20. The zero-order valence-electron chi connectivity index (χ0n) is 7.60. The molecule has 0 aliphatic rings. The third kappa shape index (κ3) is 3.70. The molecule has 0 aliphatic carbocycles. The van der Waals surface area contributed by atoms with Crippen LogP contribution in [0.1, 0.15) is 15.9 Å². The van der Waals surface area contributed by atoms with Crippen LogP contribution in [0.2, 0.25) is 0 Å². The minimum Gasteiger partial charge on any atom is -0.298 e. The summed E-state index contributed by atoms with van der Waals surface area (Å²) in [7, 11) is 0. The molecule has 0 aromatic heterocycles. The molecule has 2 nitrogen and oxygen atoms in total. The standard InChI is InChI=1S/C10H7Br2ClO2/c11-5-7(14)3-6-1-2-9(12)8(4-6)10(13)15/h1-2,4H,3,5H2. The van der Waals surface area contributed by atoms with Crippen molar-refractivity contribution in [1.29, 1.82) is 0 Å². The molecule has 5 heteroatoms. The van der Waals surface area contributed by atoms with E-state index in [1.165, 1.54) is 0 Å². The Morgan fingerprint density at radius 2 is 2.00 bits per heavy atom. The number of carbonyl (C=O) groups is 2. The summed E-state index contributed by atoms with van der Waals surface area (Å²) in [6.45, 7) is 0. The molecule has 0 atom stereocenters. The maximum atomic E-state index is 11.2. The molecule has 15 heavy (non-hydrogen) atoms. The first-order valence-electron chi connectivity index (χ1n) is 4.10. The molecule has 80 valence electrons. The van der Waals surface area contributed by atoms with Gasteiger partial charge in [0, 0.05) is 16.5 Å². The van der Waals surface area contributed by atoms with Crippen molar-refractivity contribution >= 4 is 54.5 Å². The predicted molar refractivity (Wildman–Crippen MR) is 66.8 cm³/mol. The Kier molecular flexibility index (Phi) is 4.96. The average molecular weight is 354 g/mol. The van der Waals surface area contributed by atoms with E-state index in [2.05, 4.69) is 31.9 Å². The number of alkyl halides is 1. The zero-order chi connectivity index (χ0) is 11.4. The van der Waals surface area contributed by atoms with Gasteiger partial charge in [-0.2, -0.15) is 0 Å². The lowest BCUT2D eigenvalue weighted by Gasteiger charge is -2.03. The second-order valence-electron chi connectivity index (χ2n) is 2.94. The van der Waals surface area contributed by atoms with E-state index >= 15 is 0 Å². The van der Waals surface area contributed by atoms with Gasteiger partial charge in [0.05, 0.1) is 5.33 Å². The number of halogens is 3. The number of hydrogen-bond acceptors (Lipinski definition) is 2. The van der Waals surface area contributed by atoms with Gasteiger partial charge in [0.2, 0.25) is 0 Å². The third-order valence-electron chi connectivity index (χ3n) is 1.79. The highest BCUT2D eigenvalue weighted by molar-refractivity contribution is 9.10. The van der Waals surface area contributed by atoms with Crippen molar-refractivity contribution < 1.29 is 9.59 Å². The molecule has 0 amide bonds. The Morgan fingerprint density at radius 1 is 1.33 bits per heavy atom. The van der Waals surface area contributed by atoms with Gasteiger partial charge in [-0.05, 0) is 45.2 Å². The summed E-state index contributed by atoms with van der Waals surface area (Å²) < 4.78 is 0.637. The molecule has 0 N–H and O–H groups in total. The lowest BCUT2D eigenvalue weighted by Crippen LogP contribution is -2.04. The molecule has 0 aliphatic heterocycles. The van der Waals surface area contributed by atoms with E-state index in [0.717, 1.165) is 5.56 Å². The molecule has 0 saturated heterocycles. The maximum Gasteiger partial charge on any atom is 0.253 e. The number of Topliss-reactive ketones (excluding diaryl/α,β-unsaturated/α-hetero) is 1. The molecule has 1 aromatic carbocycles. The van der Waals surface area contributed by atoms with Crippen LogP contribution in [0.3, 0.4) is 0 Å². The smallest absolute Gasteiger partial charge is 0.253 e. The van der Waals surface area contributed by atoms with Gasteiger partial charge in [-0.3, -0.25) is 9.59 Å². The normalized spacial score (nSPS) is 10.1. The molecule has 0 saturated carbocycles. The summed E-state index contributed by atoms with van der Waals surface area (Å²) in [5.74, 6) is 0.0605. The minimum absolute atomic E-state index is 0.0605. The van der Waals surface area contributed by atoms with Gasteiger partial charge in [0.1, 0.15) is 5.78 Å². The number of rotatable bonds is 4. The van der Waals surface area contributed by atoms with Crippen LogP contribution >= 0.6 is 43.5 Å². The minimum atomic E-state index is -0.532. The van der Waals surface area contributed by atoms with Gasteiger partial charge in [-0.25, -0.2) is 0 Å². The summed E-state index contributed by atoms with van der Waals surface area (Å²) in [5.41, 5.74) is 1.17. The molecule has 0 unspecified atom stereocenters. The van der Waals surface area contributed by atoms with Gasteiger partial charge < -0.3 is 0 Å². The van der Waals surface area contributed by atoms with Crippen LogP contribution in [0.25, 0.3) is 0 Å².